The molecule has 1 N–H and O–H groups in total. The van der Waals surface area contributed by atoms with Gasteiger partial charge < -0.3 is 5.32 Å². The van der Waals surface area contributed by atoms with Crippen LogP contribution in [0, 0.1) is 5.41 Å². The monoisotopic (exact) mass is 229 g/mol. The molecule has 1 rings (SSSR count). The molecule has 80 valence electrons. The maximum atomic E-state index is 5.11. The van der Waals surface area contributed by atoms with E-state index in [1.807, 2.05) is 0 Å². The summed E-state index contributed by atoms with van der Waals surface area (Å²) >= 11 is 9.36. The number of thiol groups is 1. The van der Waals surface area contributed by atoms with Gasteiger partial charge >= 0.3 is 0 Å². The van der Waals surface area contributed by atoms with Crippen LogP contribution < -0.4 is 5.32 Å². The second-order valence-electron chi connectivity index (χ2n) is 5.03. The Bertz CT molecular complexity index is 261. The number of nitrogens with one attached hydrogen (secondary N) is 1. The first kappa shape index (κ1) is 12.1. The molecule has 3 heteroatoms. The highest BCUT2D eigenvalue weighted by atomic mass is 32.1. The topological polar surface area (TPSA) is 12.0 Å². The first-order valence-electron chi connectivity index (χ1n) is 5.09. The van der Waals surface area contributed by atoms with Crippen LogP contribution in [0.2, 0.25) is 0 Å². The predicted molar refractivity (Wildman–Crippen MR) is 69.9 cm³/mol. The third-order valence-corrected chi connectivity index (χ3v) is 2.82. The summed E-state index contributed by atoms with van der Waals surface area (Å²) in [6.07, 6.45) is 3.43. The molecule has 0 aromatic heterocycles. The molecule has 0 saturated heterocycles. The highest BCUT2D eigenvalue weighted by molar-refractivity contribution is 8.11. The average molecular weight is 229 g/mol. The molecule has 1 aliphatic rings. The van der Waals surface area contributed by atoms with Gasteiger partial charge in [0.15, 0.2) is 0 Å². The lowest BCUT2D eigenvalue weighted by Gasteiger charge is -2.21. The van der Waals surface area contributed by atoms with Crippen molar-refractivity contribution < 1.29 is 0 Å². The summed E-state index contributed by atoms with van der Waals surface area (Å²) in [7, 11) is 0. The van der Waals surface area contributed by atoms with Crippen LogP contribution in [0.15, 0.2) is 11.3 Å². The molecule has 1 nitrogen and oxygen atoms in total. The zero-order valence-electron chi connectivity index (χ0n) is 9.18. The van der Waals surface area contributed by atoms with E-state index in [-0.39, 0.29) is 0 Å². The Morgan fingerprint density at radius 1 is 1.43 bits per heavy atom. The van der Waals surface area contributed by atoms with E-state index in [2.05, 4.69) is 38.7 Å². The molecular formula is C11H19NS2. The Morgan fingerprint density at radius 3 is 2.57 bits per heavy atom. The second kappa shape index (κ2) is 4.67. The van der Waals surface area contributed by atoms with Crippen LogP contribution in [0.5, 0.6) is 0 Å². The Morgan fingerprint density at radius 2 is 2.07 bits per heavy atom. The summed E-state index contributed by atoms with van der Waals surface area (Å²) in [4.78, 5) is 0. The molecule has 0 heterocycles. The third kappa shape index (κ3) is 3.62. The minimum absolute atomic E-state index is 0.318. The maximum Gasteiger partial charge on any atom is 0.0724 e. The molecule has 0 atom stereocenters. The molecule has 14 heavy (non-hydrogen) atoms. The van der Waals surface area contributed by atoms with Gasteiger partial charge in [-0.05, 0) is 30.3 Å². The summed E-state index contributed by atoms with van der Waals surface area (Å²) in [5.74, 6) is 0. The molecule has 0 aromatic rings. The molecule has 0 radical (unpaired) electrons. The molecule has 0 aromatic carbocycles. The van der Waals surface area contributed by atoms with Crippen molar-refractivity contribution in [3.8, 4) is 0 Å². The fourth-order valence-electron chi connectivity index (χ4n) is 1.55. The van der Waals surface area contributed by atoms with Gasteiger partial charge in [0, 0.05) is 12.2 Å². The van der Waals surface area contributed by atoms with Gasteiger partial charge in [0.2, 0.25) is 0 Å². The van der Waals surface area contributed by atoms with Crippen molar-refractivity contribution in [1.82, 2.24) is 5.32 Å². The van der Waals surface area contributed by atoms with Gasteiger partial charge in [-0.3, -0.25) is 0 Å². The number of hydrogen-bond donors (Lipinski definition) is 2. The van der Waals surface area contributed by atoms with Crippen LogP contribution in [0.4, 0.5) is 0 Å². The van der Waals surface area contributed by atoms with E-state index in [0.717, 1.165) is 23.6 Å². The zero-order valence-corrected chi connectivity index (χ0v) is 10.9. The Labute approximate surface area is 97.8 Å². The lowest BCUT2D eigenvalue weighted by atomic mass is 9.97. The van der Waals surface area contributed by atoms with Crippen LogP contribution in [-0.2, 0) is 0 Å². The van der Waals surface area contributed by atoms with Gasteiger partial charge in [-0.1, -0.05) is 33.0 Å². The zero-order chi connectivity index (χ0) is 10.8. The molecule has 0 spiro atoms. The number of rotatable bonds is 3. The first-order chi connectivity index (χ1) is 6.40. The van der Waals surface area contributed by atoms with E-state index in [1.165, 1.54) is 17.7 Å². The van der Waals surface area contributed by atoms with Crippen molar-refractivity contribution in [3.05, 3.63) is 11.3 Å². The highest BCUT2D eigenvalue weighted by Crippen LogP contribution is 2.27. The molecule has 0 bridgehead atoms. The Kier molecular flexibility index (Phi) is 4.02. The largest absolute Gasteiger partial charge is 0.388 e. The van der Waals surface area contributed by atoms with Gasteiger partial charge in [0.05, 0.1) is 4.20 Å². The fraction of sp³-hybridized carbons (Fsp3) is 0.727. The number of thiocarbonyl (C=S) groups is 1. The van der Waals surface area contributed by atoms with Crippen LogP contribution in [0.3, 0.4) is 0 Å². The standard InChI is InChI=1S/C11H19NS2/c1-11(2,3)7-12-9-6-4-5-8(9)10(13)14/h12H,4-7H2,1-3H3,(H,13,14). The van der Waals surface area contributed by atoms with Crippen molar-refractivity contribution >= 4 is 29.0 Å². The second-order valence-corrected chi connectivity index (χ2v) is 6.19. The molecule has 0 saturated carbocycles. The van der Waals surface area contributed by atoms with Gasteiger partial charge in [0.25, 0.3) is 0 Å². The van der Waals surface area contributed by atoms with E-state index in [9.17, 15) is 0 Å². The highest BCUT2D eigenvalue weighted by Gasteiger charge is 2.18. The molecule has 0 fully saturated rings. The van der Waals surface area contributed by atoms with Gasteiger partial charge in [-0.25, -0.2) is 0 Å². The van der Waals surface area contributed by atoms with Crippen LogP contribution in [0.1, 0.15) is 40.0 Å². The molecule has 1 aliphatic carbocycles. The van der Waals surface area contributed by atoms with Crippen molar-refractivity contribution in [2.75, 3.05) is 6.54 Å². The molecular weight excluding hydrogens is 210 g/mol. The summed E-state index contributed by atoms with van der Waals surface area (Å²) in [6.45, 7) is 7.69. The van der Waals surface area contributed by atoms with E-state index >= 15 is 0 Å². The molecule has 0 unspecified atom stereocenters. The summed E-state index contributed by atoms with van der Waals surface area (Å²) in [5.41, 5.74) is 2.89. The number of allylic oxidation sites excluding steroid dienone is 1. The van der Waals surface area contributed by atoms with E-state index in [1.54, 1.807) is 0 Å². The first-order valence-corrected chi connectivity index (χ1v) is 5.95. The summed E-state index contributed by atoms with van der Waals surface area (Å²) in [5, 5.41) is 3.50. The molecule has 0 aliphatic heterocycles. The SMILES string of the molecule is CC(C)(C)CNC1=C(C(=S)S)CCC1. The summed E-state index contributed by atoms with van der Waals surface area (Å²) < 4.78 is 0.763. The third-order valence-electron chi connectivity index (χ3n) is 2.31. The normalized spacial score (nSPS) is 17.4. The van der Waals surface area contributed by atoms with Crippen molar-refractivity contribution in [2.45, 2.75) is 40.0 Å². The van der Waals surface area contributed by atoms with E-state index in [4.69, 9.17) is 12.2 Å². The smallest absolute Gasteiger partial charge is 0.0724 e. The van der Waals surface area contributed by atoms with Crippen molar-refractivity contribution in [2.24, 2.45) is 5.41 Å². The van der Waals surface area contributed by atoms with Crippen LogP contribution >= 0.6 is 24.8 Å². The Hall–Kier alpha value is -0.0200. The Balaban J connectivity index is 2.59. The summed E-state index contributed by atoms with van der Waals surface area (Å²) in [6, 6.07) is 0. The van der Waals surface area contributed by atoms with Crippen molar-refractivity contribution in [1.29, 1.82) is 0 Å². The molecule has 0 amide bonds. The number of hydrogen-bond acceptors (Lipinski definition) is 2. The maximum absolute atomic E-state index is 5.11. The lowest BCUT2D eigenvalue weighted by molar-refractivity contribution is 0.395. The van der Waals surface area contributed by atoms with E-state index < -0.39 is 0 Å². The quantitative estimate of drug-likeness (QED) is 0.569. The van der Waals surface area contributed by atoms with Crippen LogP contribution in [0.25, 0.3) is 0 Å². The van der Waals surface area contributed by atoms with Gasteiger partial charge in [-0.2, -0.15) is 0 Å². The minimum Gasteiger partial charge on any atom is -0.388 e. The average Bonchev–Trinajstić information content (AvgIpc) is 2.46. The lowest BCUT2D eigenvalue weighted by Crippen LogP contribution is -2.26. The fourth-order valence-corrected chi connectivity index (χ4v) is 2.02. The predicted octanol–water partition coefficient (Wildman–Crippen LogP) is 3.32. The van der Waals surface area contributed by atoms with Gasteiger partial charge in [-0.15, -0.1) is 12.6 Å². The van der Waals surface area contributed by atoms with E-state index in [0.29, 0.717) is 5.41 Å². The van der Waals surface area contributed by atoms with Gasteiger partial charge in [0.1, 0.15) is 0 Å². The van der Waals surface area contributed by atoms with Crippen molar-refractivity contribution in [3.63, 3.8) is 0 Å². The van der Waals surface area contributed by atoms with Crippen LogP contribution in [-0.4, -0.2) is 10.7 Å². The minimum atomic E-state index is 0.318.